The molecule has 2 nitrogen and oxygen atoms in total. The van der Waals surface area contributed by atoms with E-state index in [-0.39, 0.29) is 16.5 Å². The van der Waals surface area contributed by atoms with Crippen LogP contribution in [0, 0.1) is 10.8 Å². The molecule has 2 aromatic carbocycles. The molecule has 1 aliphatic carbocycles. The summed E-state index contributed by atoms with van der Waals surface area (Å²) in [5.74, 6) is 0. The van der Waals surface area contributed by atoms with E-state index in [0.717, 1.165) is 21.9 Å². The van der Waals surface area contributed by atoms with E-state index in [1.807, 2.05) is 36.4 Å². The summed E-state index contributed by atoms with van der Waals surface area (Å²) in [6.45, 7) is 0. The van der Waals surface area contributed by atoms with E-state index in [1.54, 1.807) is 0 Å². The Kier molecular flexibility index (Phi) is 2.20. The normalized spacial score (nSPS) is 13.1. The first kappa shape index (κ1) is 10.1. The van der Waals surface area contributed by atoms with Gasteiger partial charge in [0, 0.05) is 16.5 Å². The monoisotopic (exact) mass is 238 g/mol. The molecule has 2 aromatic rings. The molecule has 0 bridgehead atoms. The minimum atomic E-state index is 0. The zero-order valence-electron chi connectivity index (χ0n) is 7.78. The molecule has 3 rings (SSSR count). The average Bonchev–Trinajstić information content (AvgIpc) is 2.47. The summed E-state index contributed by atoms with van der Waals surface area (Å²) in [6.07, 6.45) is 0. The third-order valence-corrected chi connectivity index (χ3v) is 2.69. The van der Waals surface area contributed by atoms with Crippen LogP contribution in [-0.4, -0.2) is 11.4 Å². The van der Waals surface area contributed by atoms with Crippen molar-refractivity contribution in [1.82, 2.24) is 0 Å². The second-order valence-corrected chi connectivity index (χ2v) is 3.46. The van der Waals surface area contributed by atoms with Crippen molar-refractivity contribution < 1.29 is 16.5 Å². The molecule has 0 aliphatic heterocycles. The first-order valence-electron chi connectivity index (χ1n) is 4.49. The fourth-order valence-electron chi connectivity index (χ4n) is 2.03. The van der Waals surface area contributed by atoms with Gasteiger partial charge in [0.25, 0.3) is 0 Å². The van der Waals surface area contributed by atoms with Crippen LogP contribution in [-0.2, 0) is 16.5 Å². The van der Waals surface area contributed by atoms with Crippen LogP contribution >= 0.6 is 0 Å². The Balaban J connectivity index is 0.000000853. The second-order valence-electron chi connectivity index (χ2n) is 3.46. The number of benzene rings is 2. The second kappa shape index (κ2) is 3.28. The predicted molar refractivity (Wildman–Crippen MR) is 57.6 cm³/mol. The van der Waals surface area contributed by atoms with Gasteiger partial charge in [0.15, 0.2) is 0 Å². The minimum absolute atomic E-state index is 0. The molecule has 0 radical (unpaired) electrons. The van der Waals surface area contributed by atoms with Crippen molar-refractivity contribution in [3.63, 3.8) is 0 Å². The molecule has 0 saturated heterocycles. The van der Waals surface area contributed by atoms with Gasteiger partial charge in [0.05, 0.1) is 11.4 Å². The summed E-state index contributed by atoms with van der Waals surface area (Å²) in [4.78, 5) is 0. The summed E-state index contributed by atoms with van der Waals surface area (Å²) >= 11 is 0. The molecule has 2 N–H and O–H groups in total. The van der Waals surface area contributed by atoms with E-state index in [0.29, 0.717) is 11.4 Å². The van der Waals surface area contributed by atoms with E-state index < -0.39 is 0 Å². The van der Waals surface area contributed by atoms with Crippen LogP contribution in [0.4, 0.5) is 0 Å². The number of hydrogen-bond donors (Lipinski definition) is 2. The van der Waals surface area contributed by atoms with Crippen molar-refractivity contribution in [3.8, 4) is 0 Å². The van der Waals surface area contributed by atoms with Crippen molar-refractivity contribution in [2.45, 2.75) is 0 Å². The Morgan fingerprint density at radius 1 is 0.733 bits per heavy atom. The fraction of sp³-hybridized carbons (Fsp3) is 0. The predicted octanol–water partition coefficient (Wildman–Crippen LogP) is 2.59. The summed E-state index contributed by atoms with van der Waals surface area (Å²) < 4.78 is 0. The van der Waals surface area contributed by atoms with E-state index in [4.69, 9.17) is 10.8 Å². The summed E-state index contributed by atoms with van der Waals surface area (Å²) in [6, 6.07) is 11.7. The quantitative estimate of drug-likeness (QED) is 0.663. The van der Waals surface area contributed by atoms with E-state index in [1.165, 1.54) is 0 Å². The van der Waals surface area contributed by atoms with Crippen LogP contribution in [0.3, 0.4) is 0 Å². The van der Waals surface area contributed by atoms with Crippen LogP contribution < -0.4 is 0 Å². The van der Waals surface area contributed by atoms with Gasteiger partial charge in [-0.25, -0.2) is 0 Å². The molecule has 0 heterocycles. The SMILES string of the molecule is N=C1C(=N)c2cccc3cccc1c23.[Ni+2]. The molecule has 74 valence electrons. The van der Waals surface area contributed by atoms with E-state index in [9.17, 15) is 0 Å². The molecule has 15 heavy (non-hydrogen) atoms. The van der Waals surface area contributed by atoms with Crippen LogP contribution in [0.2, 0.25) is 0 Å². The van der Waals surface area contributed by atoms with Crippen LogP contribution in [0.1, 0.15) is 11.1 Å². The largest absolute Gasteiger partial charge is 2.00 e. The van der Waals surface area contributed by atoms with Gasteiger partial charge in [-0.15, -0.1) is 0 Å². The molecule has 0 fully saturated rings. The molecule has 3 heteroatoms. The standard InChI is InChI=1S/C12H8N2.Ni/c13-11-8-5-1-3-7-4-2-6-9(10(7)8)12(11)14;/h1-6,13-14H;/q;+2. The molecule has 0 amide bonds. The van der Waals surface area contributed by atoms with Crippen molar-refractivity contribution >= 4 is 22.2 Å². The zero-order valence-corrected chi connectivity index (χ0v) is 8.77. The average molecular weight is 239 g/mol. The van der Waals surface area contributed by atoms with Crippen LogP contribution in [0.25, 0.3) is 10.8 Å². The molecular formula is C12H8N2Ni+2. The van der Waals surface area contributed by atoms with Crippen molar-refractivity contribution in [2.24, 2.45) is 0 Å². The number of hydrogen-bond acceptors (Lipinski definition) is 2. The maximum absolute atomic E-state index is 7.80. The van der Waals surface area contributed by atoms with Gasteiger partial charge < -0.3 is 0 Å². The van der Waals surface area contributed by atoms with Crippen LogP contribution in [0.15, 0.2) is 36.4 Å². The summed E-state index contributed by atoms with van der Waals surface area (Å²) in [5.41, 5.74) is 2.47. The van der Waals surface area contributed by atoms with Crippen molar-refractivity contribution in [1.29, 1.82) is 10.8 Å². The molecule has 0 spiro atoms. The molecule has 0 unspecified atom stereocenters. The Morgan fingerprint density at radius 2 is 1.20 bits per heavy atom. The summed E-state index contributed by atoms with van der Waals surface area (Å²) in [5, 5.41) is 17.8. The van der Waals surface area contributed by atoms with Crippen LogP contribution in [0.5, 0.6) is 0 Å². The topological polar surface area (TPSA) is 47.7 Å². The van der Waals surface area contributed by atoms with Gasteiger partial charge in [0.1, 0.15) is 0 Å². The van der Waals surface area contributed by atoms with Crippen molar-refractivity contribution in [2.75, 3.05) is 0 Å². The third kappa shape index (κ3) is 1.17. The molecule has 0 atom stereocenters. The third-order valence-electron chi connectivity index (χ3n) is 2.69. The Hall–Kier alpha value is -1.47. The van der Waals surface area contributed by atoms with Crippen molar-refractivity contribution in [3.05, 3.63) is 47.5 Å². The maximum atomic E-state index is 7.80. The van der Waals surface area contributed by atoms with Gasteiger partial charge in [0.2, 0.25) is 0 Å². The fourth-order valence-corrected chi connectivity index (χ4v) is 2.03. The first-order chi connectivity index (χ1) is 6.79. The summed E-state index contributed by atoms with van der Waals surface area (Å²) in [7, 11) is 0. The van der Waals surface area contributed by atoms with Gasteiger partial charge in [-0.3, -0.25) is 10.8 Å². The molecule has 0 aromatic heterocycles. The molecule has 1 aliphatic rings. The Bertz CT molecular complexity index is 538. The number of nitrogens with one attached hydrogen (secondary N) is 2. The van der Waals surface area contributed by atoms with Gasteiger partial charge in [-0.1, -0.05) is 36.4 Å². The van der Waals surface area contributed by atoms with E-state index in [2.05, 4.69) is 0 Å². The Morgan fingerprint density at radius 3 is 1.67 bits per heavy atom. The molecular weight excluding hydrogens is 231 g/mol. The first-order valence-corrected chi connectivity index (χ1v) is 4.49. The Labute approximate surface area is 97.3 Å². The smallest absolute Gasteiger partial charge is 0.298 e. The number of rotatable bonds is 0. The zero-order chi connectivity index (χ0) is 9.71. The maximum Gasteiger partial charge on any atom is 2.00 e. The van der Waals surface area contributed by atoms with E-state index >= 15 is 0 Å². The minimum Gasteiger partial charge on any atom is -0.298 e. The van der Waals surface area contributed by atoms with Gasteiger partial charge in [-0.2, -0.15) is 0 Å². The van der Waals surface area contributed by atoms with Gasteiger partial charge in [-0.05, 0) is 5.39 Å². The van der Waals surface area contributed by atoms with Gasteiger partial charge >= 0.3 is 16.5 Å². The molecule has 0 saturated carbocycles.